The molecule has 1 N–H and O–H groups in total. The zero-order chi connectivity index (χ0) is 15.4. The van der Waals surface area contributed by atoms with E-state index in [1.165, 1.54) is 11.4 Å². The lowest BCUT2D eigenvalue weighted by Crippen LogP contribution is -2.46. The molecule has 1 fully saturated rings. The first-order chi connectivity index (χ1) is 10.8. The number of pyridine rings is 1. The summed E-state index contributed by atoms with van der Waals surface area (Å²) in [6.07, 6.45) is 3.67. The maximum absolute atomic E-state index is 11.6. The standard InChI is InChI=1S/C17H20N4O/c1-18-17(22)14-2-4-15(5-3-14)20-10-12-21(13-11-20)16-6-8-19-9-7-16/h2-9H,10-13H2,1H3,(H,18,22). The van der Waals surface area contributed by atoms with Crippen LogP contribution in [0.1, 0.15) is 10.4 Å². The van der Waals surface area contributed by atoms with E-state index in [9.17, 15) is 4.79 Å². The number of amides is 1. The maximum atomic E-state index is 11.6. The number of carbonyl (C=O) groups excluding carboxylic acids is 1. The van der Waals surface area contributed by atoms with Crippen LogP contribution in [0.15, 0.2) is 48.8 Å². The molecule has 1 amide bonds. The lowest BCUT2D eigenvalue weighted by molar-refractivity contribution is 0.0963. The van der Waals surface area contributed by atoms with E-state index in [0.717, 1.165) is 26.2 Å². The highest BCUT2D eigenvalue weighted by Gasteiger charge is 2.17. The molecule has 1 saturated heterocycles. The molecule has 0 spiro atoms. The van der Waals surface area contributed by atoms with Gasteiger partial charge >= 0.3 is 0 Å². The van der Waals surface area contributed by atoms with E-state index in [1.54, 1.807) is 7.05 Å². The molecule has 2 heterocycles. The van der Waals surface area contributed by atoms with Crippen molar-refractivity contribution in [3.8, 4) is 0 Å². The van der Waals surface area contributed by atoms with Crippen LogP contribution in [0.2, 0.25) is 0 Å². The minimum atomic E-state index is -0.0472. The Labute approximate surface area is 130 Å². The SMILES string of the molecule is CNC(=O)c1ccc(N2CCN(c3ccncc3)CC2)cc1. The van der Waals surface area contributed by atoms with Gasteiger partial charge in [-0.2, -0.15) is 0 Å². The monoisotopic (exact) mass is 296 g/mol. The minimum Gasteiger partial charge on any atom is -0.368 e. The van der Waals surface area contributed by atoms with Crippen LogP contribution in [0.25, 0.3) is 0 Å². The lowest BCUT2D eigenvalue weighted by Gasteiger charge is -2.37. The van der Waals surface area contributed by atoms with Crippen molar-refractivity contribution in [2.45, 2.75) is 0 Å². The first kappa shape index (κ1) is 14.4. The average molecular weight is 296 g/mol. The normalized spacial score (nSPS) is 14.8. The van der Waals surface area contributed by atoms with Crippen LogP contribution in [-0.2, 0) is 0 Å². The number of benzene rings is 1. The van der Waals surface area contributed by atoms with Gasteiger partial charge in [-0.1, -0.05) is 0 Å². The van der Waals surface area contributed by atoms with Crippen LogP contribution in [0, 0.1) is 0 Å². The van der Waals surface area contributed by atoms with Gasteiger partial charge in [0.2, 0.25) is 0 Å². The van der Waals surface area contributed by atoms with Crippen molar-refractivity contribution in [2.24, 2.45) is 0 Å². The molecule has 1 aromatic heterocycles. The smallest absolute Gasteiger partial charge is 0.251 e. The Morgan fingerprint density at radius 3 is 1.91 bits per heavy atom. The number of hydrogen-bond donors (Lipinski definition) is 1. The highest BCUT2D eigenvalue weighted by molar-refractivity contribution is 5.94. The largest absolute Gasteiger partial charge is 0.368 e. The molecule has 1 aliphatic heterocycles. The fourth-order valence-corrected chi connectivity index (χ4v) is 2.75. The van der Waals surface area contributed by atoms with Gasteiger partial charge in [-0.25, -0.2) is 0 Å². The Morgan fingerprint density at radius 1 is 0.909 bits per heavy atom. The molecular formula is C17H20N4O. The van der Waals surface area contributed by atoms with Crippen molar-refractivity contribution in [1.82, 2.24) is 10.3 Å². The van der Waals surface area contributed by atoms with Crippen LogP contribution < -0.4 is 15.1 Å². The van der Waals surface area contributed by atoms with E-state index in [2.05, 4.69) is 20.1 Å². The molecule has 5 heteroatoms. The molecule has 0 unspecified atom stereocenters. The average Bonchev–Trinajstić information content (AvgIpc) is 2.62. The van der Waals surface area contributed by atoms with E-state index in [0.29, 0.717) is 5.56 Å². The van der Waals surface area contributed by atoms with Crippen LogP contribution in [0.4, 0.5) is 11.4 Å². The molecule has 1 aliphatic rings. The highest BCUT2D eigenvalue weighted by Crippen LogP contribution is 2.20. The van der Waals surface area contributed by atoms with Gasteiger partial charge in [0.05, 0.1) is 0 Å². The number of rotatable bonds is 3. The van der Waals surface area contributed by atoms with Crippen molar-refractivity contribution in [1.29, 1.82) is 0 Å². The van der Waals surface area contributed by atoms with Gasteiger partial charge < -0.3 is 15.1 Å². The predicted molar refractivity (Wildman–Crippen MR) is 88.5 cm³/mol. The number of aromatic nitrogens is 1. The summed E-state index contributed by atoms with van der Waals surface area (Å²) in [6, 6.07) is 11.9. The first-order valence-electron chi connectivity index (χ1n) is 7.50. The Hall–Kier alpha value is -2.56. The molecule has 0 radical (unpaired) electrons. The number of nitrogens with one attached hydrogen (secondary N) is 1. The Morgan fingerprint density at radius 2 is 1.41 bits per heavy atom. The zero-order valence-corrected chi connectivity index (χ0v) is 12.7. The summed E-state index contributed by atoms with van der Waals surface area (Å²) < 4.78 is 0. The third-order valence-electron chi connectivity index (χ3n) is 4.03. The molecule has 0 saturated carbocycles. The fourth-order valence-electron chi connectivity index (χ4n) is 2.75. The molecular weight excluding hydrogens is 276 g/mol. The summed E-state index contributed by atoms with van der Waals surface area (Å²) in [5.74, 6) is -0.0472. The Bertz CT molecular complexity index is 619. The third kappa shape index (κ3) is 3.03. The van der Waals surface area contributed by atoms with Gasteiger partial charge in [-0.05, 0) is 36.4 Å². The molecule has 114 valence electrons. The van der Waals surface area contributed by atoms with Gasteiger partial charge in [0.15, 0.2) is 0 Å². The van der Waals surface area contributed by atoms with Gasteiger partial charge in [-0.3, -0.25) is 9.78 Å². The number of anilines is 2. The second kappa shape index (κ2) is 6.47. The molecule has 5 nitrogen and oxygen atoms in total. The lowest BCUT2D eigenvalue weighted by atomic mass is 10.1. The molecule has 22 heavy (non-hydrogen) atoms. The summed E-state index contributed by atoms with van der Waals surface area (Å²) in [5, 5.41) is 2.64. The van der Waals surface area contributed by atoms with Crippen molar-refractivity contribution >= 4 is 17.3 Å². The molecule has 0 aliphatic carbocycles. The molecule has 2 aromatic rings. The van der Waals surface area contributed by atoms with Gasteiger partial charge in [0.1, 0.15) is 0 Å². The van der Waals surface area contributed by atoms with E-state index in [-0.39, 0.29) is 5.91 Å². The predicted octanol–water partition coefficient (Wildman–Crippen LogP) is 1.77. The molecule has 0 atom stereocenters. The maximum Gasteiger partial charge on any atom is 0.251 e. The summed E-state index contributed by atoms with van der Waals surface area (Å²) in [5.41, 5.74) is 3.09. The molecule has 3 rings (SSSR count). The van der Waals surface area contributed by atoms with E-state index >= 15 is 0 Å². The van der Waals surface area contributed by atoms with Crippen molar-refractivity contribution < 1.29 is 4.79 Å². The fraction of sp³-hybridized carbons (Fsp3) is 0.294. The van der Waals surface area contributed by atoms with E-state index in [1.807, 2.05) is 48.8 Å². The number of hydrogen-bond acceptors (Lipinski definition) is 4. The van der Waals surface area contributed by atoms with E-state index < -0.39 is 0 Å². The summed E-state index contributed by atoms with van der Waals surface area (Å²) in [6.45, 7) is 3.92. The quantitative estimate of drug-likeness (QED) is 0.938. The minimum absolute atomic E-state index is 0.0472. The number of carbonyl (C=O) groups is 1. The molecule has 1 aromatic carbocycles. The molecule has 0 bridgehead atoms. The Balaban J connectivity index is 1.63. The zero-order valence-electron chi connectivity index (χ0n) is 12.7. The number of piperazine rings is 1. The second-order valence-electron chi connectivity index (χ2n) is 5.31. The topological polar surface area (TPSA) is 48.5 Å². The Kier molecular flexibility index (Phi) is 4.23. The first-order valence-corrected chi connectivity index (χ1v) is 7.50. The van der Waals surface area contributed by atoms with E-state index in [4.69, 9.17) is 0 Å². The van der Waals surface area contributed by atoms with Crippen LogP contribution in [0.5, 0.6) is 0 Å². The summed E-state index contributed by atoms with van der Waals surface area (Å²) in [4.78, 5) is 20.4. The van der Waals surface area contributed by atoms with Crippen molar-refractivity contribution in [2.75, 3.05) is 43.0 Å². The third-order valence-corrected chi connectivity index (χ3v) is 4.03. The van der Waals surface area contributed by atoms with Crippen LogP contribution in [0.3, 0.4) is 0 Å². The van der Waals surface area contributed by atoms with Gasteiger partial charge in [0.25, 0.3) is 5.91 Å². The summed E-state index contributed by atoms with van der Waals surface area (Å²) in [7, 11) is 1.65. The van der Waals surface area contributed by atoms with Gasteiger partial charge in [0, 0.05) is 62.6 Å². The van der Waals surface area contributed by atoms with Crippen molar-refractivity contribution in [3.63, 3.8) is 0 Å². The van der Waals surface area contributed by atoms with Crippen LogP contribution in [-0.4, -0.2) is 44.1 Å². The summed E-state index contributed by atoms with van der Waals surface area (Å²) >= 11 is 0. The number of nitrogens with zero attached hydrogens (tertiary/aromatic N) is 3. The highest BCUT2D eigenvalue weighted by atomic mass is 16.1. The second-order valence-corrected chi connectivity index (χ2v) is 5.31. The van der Waals surface area contributed by atoms with Crippen molar-refractivity contribution in [3.05, 3.63) is 54.4 Å². The van der Waals surface area contributed by atoms with Crippen LogP contribution >= 0.6 is 0 Å². The van der Waals surface area contributed by atoms with Gasteiger partial charge in [-0.15, -0.1) is 0 Å².